The van der Waals surface area contributed by atoms with Crippen LogP contribution in [-0.4, -0.2) is 54.3 Å². The third-order valence-electron chi connectivity index (χ3n) is 4.37. The summed E-state index contributed by atoms with van der Waals surface area (Å²) in [5.74, 6) is 0.353. The van der Waals surface area contributed by atoms with E-state index in [1.807, 2.05) is 13.8 Å². The fourth-order valence-corrected chi connectivity index (χ4v) is 4.27. The molecule has 31 heavy (non-hydrogen) atoms. The molecule has 8 nitrogen and oxygen atoms in total. The van der Waals surface area contributed by atoms with Crippen LogP contribution in [0.3, 0.4) is 0 Å². The normalized spacial score (nSPS) is 11.3. The minimum atomic E-state index is -4.02. The minimum absolute atomic E-state index is 0.0750. The fraction of sp³-hybridized carbons (Fsp3) is 0.409. The van der Waals surface area contributed by atoms with Gasteiger partial charge in [0.25, 0.3) is 10.0 Å². The Morgan fingerprint density at radius 2 is 1.77 bits per heavy atom. The maximum Gasteiger partial charge on any atom is 0.264 e. The molecule has 1 amide bonds. The van der Waals surface area contributed by atoms with Crippen LogP contribution >= 0.6 is 0 Å². The van der Waals surface area contributed by atoms with E-state index in [0.717, 1.165) is 4.31 Å². The van der Waals surface area contributed by atoms with Gasteiger partial charge in [0.1, 0.15) is 18.0 Å². The van der Waals surface area contributed by atoms with Crippen LogP contribution < -0.4 is 19.1 Å². The lowest BCUT2D eigenvalue weighted by atomic mass is 10.2. The van der Waals surface area contributed by atoms with E-state index < -0.39 is 22.5 Å². The number of amides is 1. The zero-order chi connectivity index (χ0) is 22.9. The molecule has 0 saturated heterocycles. The van der Waals surface area contributed by atoms with Crippen LogP contribution in [0, 0.1) is 0 Å². The molecule has 0 spiro atoms. The molecule has 0 aliphatic heterocycles. The summed E-state index contributed by atoms with van der Waals surface area (Å²) in [4.78, 5) is 12.7. The van der Waals surface area contributed by atoms with Gasteiger partial charge in [-0.3, -0.25) is 9.10 Å². The number of nitrogens with one attached hydrogen (secondary N) is 1. The van der Waals surface area contributed by atoms with E-state index >= 15 is 0 Å². The maximum atomic E-state index is 13.4. The number of anilines is 1. The smallest absolute Gasteiger partial charge is 0.264 e. The van der Waals surface area contributed by atoms with Gasteiger partial charge in [0.05, 0.1) is 30.9 Å². The Bertz CT molecular complexity index is 948. The van der Waals surface area contributed by atoms with Crippen molar-refractivity contribution in [2.75, 3.05) is 38.2 Å². The molecule has 0 saturated carbocycles. The molecular formula is C22H30N2O6S. The van der Waals surface area contributed by atoms with Gasteiger partial charge in [0, 0.05) is 19.2 Å². The molecule has 0 bridgehead atoms. The predicted molar refractivity (Wildman–Crippen MR) is 119 cm³/mol. The molecule has 0 fully saturated rings. The Morgan fingerprint density at radius 3 is 2.39 bits per heavy atom. The molecule has 0 atom stereocenters. The topological polar surface area (TPSA) is 94.2 Å². The van der Waals surface area contributed by atoms with Crippen LogP contribution in [-0.2, 0) is 19.6 Å². The second-order valence-corrected chi connectivity index (χ2v) is 8.85. The fourth-order valence-electron chi connectivity index (χ4n) is 2.82. The Labute approximate surface area is 184 Å². The first-order valence-electron chi connectivity index (χ1n) is 9.97. The highest BCUT2D eigenvalue weighted by atomic mass is 32.2. The van der Waals surface area contributed by atoms with Gasteiger partial charge in [-0.2, -0.15) is 0 Å². The van der Waals surface area contributed by atoms with E-state index in [-0.39, 0.29) is 22.4 Å². The summed E-state index contributed by atoms with van der Waals surface area (Å²) < 4.78 is 43.8. The Hall–Kier alpha value is -2.78. The Balaban J connectivity index is 2.29. The van der Waals surface area contributed by atoms with Crippen LogP contribution in [0.5, 0.6) is 11.5 Å². The highest BCUT2D eigenvalue weighted by molar-refractivity contribution is 7.92. The Morgan fingerprint density at radius 1 is 1.06 bits per heavy atom. The highest BCUT2D eigenvalue weighted by Gasteiger charge is 2.29. The molecule has 1 N–H and O–H groups in total. The van der Waals surface area contributed by atoms with Crippen molar-refractivity contribution in [1.82, 2.24) is 5.32 Å². The molecule has 0 radical (unpaired) electrons. The summed E-state index contributed by atoms with van der Waals surface area (Å²) in [5, 5.41) is 2.75. The average molecular weight is 451 g/mol. The number of methoxy groups -OCH3 is 2. The molecule has 0 heterocycles. The van der Waals surface area contributed by atoms with Crippen molar-refractivity contribution in [2.24, 2.45) is 0 Å². The quantitative estimate of drug-likeness (QED) is 0.500. The molecule has 0 aromatic heterocycles. The average Bonchev–Trinajstić information content (AvgIpc) is 2.77. The third kappa shape index (κ3) is 6.86. The summed E-state index contributed by atoms with van der Waals surface area (Å²) in [6, 6.07) is 12.7. The SMILES string of the molecule is COc1ccc(N(CC(=O)NCCCOC(C)C)S(=O)(=O)c2ccccc2)c(OC)c1. The van der Waals surface area contributed by atoms with Crippen molar-refractivity contribution >= 4 is 21.6 Å². The molecule has 0 aliphatic carbocycles. The predicted octanol–water partition coefficient (Wildman–Crippen LogP) is 2.83. The third-order valence-corrected chi connectivity index (χ3v) is 6.14. The number of nitrogens with zero attached hydrogens (tertiary/aromatic N) is 1. The van der Waals surface area contributed by atoms with Gasteiger partial charge in [0.2, 0.25) is 5.91 Å². The summed E-state index contributed by atoms with van der Waals surface area (Å²) >= 11 is 0. The first-order valence-corrected chi connectivity index (χ1v) is 11.4. The summed E-state index contributed by atoms with van der Waals surface area (Å²) in [6.45, 7) is 4.37. The zero-order valence-electron chi connectivity index (χ0n) is 18.3. The number of carbonyl (C=O) groups excluding carboxylic acids is 1. The molecule has 9 heteroatoms. The lowest BCUT2D eigenvalue weighted by Crippen LogP contribution is -2.41. The molecule has 2 rings (SSSR count). The van der Waals surface area contributed by atoms with Crippen LogP contribution in [0.1, 0.15) is 20.3 Å². The second-order valence-electron chi connectivity index (χ2n) is 6.99. The molecule has 2 aromatic rings. The van der Waals surface area contributed by atoms with E-state index in [1.54, 1.807) is 36.4 Å². The van der Waals surface area contributed by atoms with Gasteiger partial charge in [0.15, 0.2) is 0 Å². The number of sulfonamides is 1. The van der Waals surface area contributed by atoms with E-state index in [1.165, 1.54) is 26.4 Å². The largest absolute Gasteiger partial charge is 0.497 e. The summed E-state index contributed by atoms with van der Waals surface area (Å²) in [7, 11) is -1.09. The first-order chi connectivity index (χ1) is 14.8. The first kappa shape index (κ1) is 24.5. The van der Waals surface area contributed by atoms with Crippen molar-refractivity contribution in [3.8, 4) is 11.5 Å². The Kier molecular flexibility index (Phi) is 9.14. The molecule has 0 aliphatic rings. The highest BCUT2D eigenvalue weighted by Crippen LogP contribution is 2.35. The van der Waals surface area contributed by atoms with Gasteiger partial charge < -0.3 is 19.5 Å². The van der Waals surface area contributed by atoms with Gasteiger partial charge >= 0.3 is 0 Å². The van der Waals surface area contributed by atoms with E-state index in [0.29, 0.717) is 25.3 Å². The number of ether oxygens (including phenoxy) is 3. The van der Waals surface area contributed by atoms with Crippen molar-refractivity contribution in [3.05, 3.63) is 48.5 Å². The van der Waals surface area contributed by atoms with E-state index in [2.05, 4.69) is 5.32 Å². The second kappa shape index (κ2) is 11.6. The van der Waals surface area contributed by atoms with Crippen molar-refractivity contribution in [3.63, 3.8) is 0 Å². The van der Waals surface area contributed by atoms with E-state index in [4.69, 9.17) is 14.2 Å². The van der Waals surface area contributed by atoms with Crippen LogP contribution in [0.15, 0.2) is 53.4 Å². The number of hydrogen-bond acceptors (Lipinski definition) is 6. The van der Waals surface area contributed by atoms with Gasteiger partial charge in [-0.1, -0.05) is 18.2 Å². The summed E-state index contributed by atoms with van der Waals surface area (Å²) in [5.41, 5.74) is 0.241. The molecule has 0 unspecified atom stereocenters. The monoisotopic (exact) mass is 450 g/mol. The maximum absolute atomic E-state index is 13.4. The number of benzene rings is 2. The van der Waals surface area contributed by atoms with Crippen molar-refractivity contribution in [2.45, 2.75) is 31.3 Å². The molecule has 170 valence electrons. The number of rotatable bonds is 12. The van der Waals surface area contributed by atoms with Crippen LogP contribution in [0.2, 0.25) is 0 Å². The minimum Gasteiger partial charge on any atom is -0.497 e. The van der Waals surface area contributed by atoms with Gasteiger partial charge in [-0.05, 0) is 44.5 Å². The van der Waals surface area contributed by atoms with Crippen LogP contribution in [0.4, 0.5) is 5.69 Å². The zero-order valence-corrected chi connectivity index (χ0v) is 19.1. The standard InChI is InChI=1S/C22H30N2O6S/c1-17(2)30-14-8-13-23-22(25)16-24(31(26,27)19-9-6-5-7-10-19)20-12-11-18(28-3)15-21(20)29-4/h5-7,9-12,15,17H,8,13-14,16H2,1-4H3,(H,23,25). The van der Waals surface area contributed by atoms with Crippen LogP contribution in [0.25, 0.3) is 0 Å². The van der Waals surface area contributed by atoms with Gasteiger partial charge in [-0.25, -0.2) is 8.42 Å². The van der Waals surface area contributed by atoms with E-state index in [9.17, 15) is 13.2 Å². The summed E-state index contributed by atoms with van der Waals surface area (Å²) in [6.07, 6.45) is 0.742. The molecular weight excluding hydrogens is 420 g/mol. The number of hydrogen-bond donors (Lipinski definition) is 1. The van der Waals surface area contributed by atoms with Gasteiger partial charge in [-0.15, -0.1) is 0 Å². The lowest BCUT2D eigenvalue weighted by molar-refractivity contribution is -0.119. The van der Waals surface area contributed by atoms with Crippen molar-refractivity contribution < 1.29 is 27.4 Å². The van der Waals surface area contributed by atoms with Crippen molar-refractivity contribution in [1.29, 1.82) is 0 Å². The molecule has 2 aromatic carbocycles. The number of carbonyl (C=O) groups is 1. The lowest BCUT2D eigenvalue weighted by Gasteiger charge is -2.26.